The molecule has 0 radical (unpaired) electrons. The van der Waals surface area contributed by atoms with Gasteiger partial charge in [-0.05, 0) is 37.5 Å². The Balaban J connectivity index is 1.99. The van der Waals surface area contributed by atoms with Crippen LogP contribution in [-0.4, -0.2) is 24.0 Å². The molecule has 0 saturated heterocycles. The molecular weight excluding hydrogens is 245 g/mol. The maximum atomic E-state index is 12.7. The van der Waals surface area contributed by atoms with Crippen molar-refractivity contribution in [2.45, 2.75) is 43.8 Å². The van der Waals surface area contributed by atoms with Gasteiger partial charge in [0.2, 0.25) is 0 Å². The van der Waals surface area contributed by atoms with E-state index >= 15 is 0 Å². The molecule has 2 saturated carbocycles. The van der Waals surface area contributed by atoms with Crippen LogP contribution in [0.4, 0.5) is 22.0 Å². The number of halogens is 5. The SMILES string of the molecule is O=C(NC(C1CC1)C1CC1)C(F)(F)C(F)(F)F. The van der Waals surface area contributed by atoms with Gasteiger partial charge in [0.05, 0.1) is 0 Å². The normalized spacial score (nSPS) is 21.8. The molecule has 1 N–H and O–H groups in total. The van der Waals surface area contributed by atoms with E-state index in [9.17, 15) is 26.7 Å². The zero-order chi connectivity index (χ0) is 12.8. The quantitative estimate of drug-likeness (QED) is 0.770. The van der Waals surface area contributed by atoms with Crippen molar-refractivity contribution in [1.82, 2.24) is 5.32 Å². The number of hydrogen-bond donors (Lipinski definition) is 1. The summed E-state index contributed by atoms with van der Waals surface area (Å²) in [6.45, 7) is 0. The molecule has 7 heteroatoms. The van der Waals surface area contributed by atoms with Crippen LogP contribution in [0.3, 0.4) is 0 Å². The Labute approximate surface area is 94.6 Å². The van der Waals surface area contributed by atoms with Gasteiger partial charge in [-0.25, -0.2) is 0 Å². The van der Waals surface area contributed by atoms with Crippen LogP contribution in [0.25, 0.3) is 0 Å². The lowest BCUT2D eigenvalue weighted by Crippen LogP contribution is -2.54. The zero-order valence-electron chi connectivity index (χ0n) is 8.86. The van der Waals surface area contributed by atoms with Gasteiger partial charge in [-0.15, -0.1) is 0 Å². The van der Waals surface area contributed by atoms with Crippen molar-refractivity contribution >= 4 is 5.91 Å². The molecule has 0 heterocycles. The number of alkyl halides is 5. The molecule has 0 aliphatic heterocycles. The van der Waals surface area contributed by atoms with E-state index in [-0.39, 0.29) is 11.8 Å². The molecular formula is C10H12F5NO. The number of carbonyl (C=O) groups is 1. The maximum absolute atomic E-state index is 12.7. The second kappa shape index (κ2) is 3.81. The highest BCUT2D eigenvalue weighted by Crippen LogP contribution is 2.45. The summed E-state index contributed by atoms with van der Waals surface area (Å²) in [5.74, 6) is -7.35. The zero-order valence-corrected chi connectivity index (χ0v) is 8.86. The third-order valence-electron chi connectivity index (χ3n) is 3.20. The van der Waals surface area contributed by atoms with Crippen LogP contribution in [0.5, 0.6) is 0 Å². The van der Waals surface area contributed by atoms with Gasteiger partial charge in [0.15, 0.2) is 0 Å². The van der Waals surface area contributed by atoms with Crippen LogP contribution in [0, 0.1) is 11.8 Å². The van der Waals surface area contributed by atoms with E-state index in [1.165, 1.54) is 0 Å². The van der Waals surface area contributed by atoms with Gasteiger partial charge >= 0.3 is 18.0 Å². The second-order valence-electron chi connectivity index (χ2n) is 4.75. The van der Waals surface area contributed by atoms with Crippen molar-refractivity contribution in [2.75, 3.05) is 0 Å². The van der Waals surface area contributed by atoms with E-state index in [0.29, 0.717) is 0 Å². The van der Waals surface area contributed by atoms with Gasteiger partial charge in [0.25, 0.3) is 0 Å². The number of nitrogens with one attached hydrogen (secondary N) is 1. The lowest BCUT2D eigenvalue weighted by Gasteiger charge is -2.23. The van der Waals surface area contributed by atoms with Crippen LogP contribution in [-0.2, 0) is 4.79 Å². The number of carbonyl (C=O) groups excluding carboxylic acids is 1. The van der Waals surface area contributed by atoms with Gasteiger partial charge in [0, 0.05) is 6.04 Å². The van der Waals surface area contributed by atoms with Crippen LogP contribution in [0.1, 0.15) is 25.7 Å². The predicted molar refractivity (Wildman–Crippen MR) is 48.4 cm³/mol. The molecule has 0 atom stereocenters. The Bertz CT molecular complexity index is 307. The summed E-state index contributed by atoms with van der Waals surface area (Å²) in [4.78, 5) is 11.0. The number of hydrogen-bond acceptors (Lipinski definition) is 1. The van der Waals surface area contributed by atoms with E-state index in [0.717, 1.165) is 25.7 Å². The topological polar surface area (TPSA) is 29.1 Å². The maximum Gasteiger partial charge on any atom is 0.463 e. The summed E-state index contributed by atoms with van der Waals surface area (Å²) in [6, 6.07) is -0.504. The molecule has 2 fully saturated rings. The monoisotopic (exact) mass is 257 g/mol. The van der Waals surface area contributed by atoms with Gasteiger partial charge < -0.3 is 5.32 Å². The van der Waals surface area contributed by atoms with E-state index in [1.54, 1.807) is 0 Å². The molecule has 1 amide bonds. The number of amides is 1. The van der Waals surface area contributed by atoms with E-state index < -0.39 is 24.0 Å². The summed E-state index contributed by atoms with van der Waals surface area (Å²) in [7, 11) is 0. The smallest absolute Gasteiger partial charge is 0.347 e. The van der Waals surface area contributed by atoms with E-state index in [4.69, 9.17) is 0 Å². The predicted octanol–water partition coefficient (Wildman–Crippen LogP) is 2.49. The van der Waals surface area contributed by atoms with Crippen LogP contribution >= 0.6 is 0 Å². The average Bonchev–Trinajstić information content (AvgIpc) is 3.02. The van der Waals surface area contributed by atoms with Crippen LogP contribution in [0.15, 0.2) is 0 Å². The van der Waals surface area contributed by atoms with Crippen molar-refractivity contribution < 1.29 is 26.7 Å². The summed E-state index contributed by atoms with van der Waals surface area (Å²) >= 11 is 0. The fourth-order valence-corrected chi connectivity index (χ4v) is 1.90. The van der Waals surface area contributed by atoms with Crippen LogP contribution in [0.2, 0.25) is 0 Å². The standard InChI is InChI=1S/C10H12F5NO/c11-9(12,10(13,14)15)8(17)16-7(5-1-2-5)6-3-4-6/h5-7H,1-4H2,(H,16,17). The summed E-state index contributed by atoms with van der Waals surface area (Å²) in [5, 5.41) is 1.88. The molecule has 98 valence electrons. The lowest BCUT2D eigenvalue weighted by molar-refractivity contribution is -0.270. The molecule has 17 heavy (non-hydrogen) atoms. The fraction of sp³-hybridized carbons (Fsp3) is 0.900. The molecule has 0 unspecified atom stereocenters. The average molecular weight is 257 g/mol. The molecule has 0 bridgehead atoms. The Hall–Kier alpha value is -0.880. The molecule has 0 aromatic rings. The highest BCUT2D eigenvalue weighted by Gasteiger charge is 2.64. The lowest BCUT2D eigenvalue weighted by atomic mass is 10.1. The Morgan fingerprint density at radius 2 is 1.41 bits per heavy atom. The Morgan fingerprint density at radius 1 is 1.00 bits per heavy atom. The minimum atomic E-state index is -5.82. The first-order valence-corrected chi connectivity index (χ1v) is 5.49. The third kappa shape index (κ3) is 2.52. The van der Waals surface area contributed by atoms with Crippen molar-refractivity contribution in [3.8, 4) is 0 Å². The minimum absolute atomic E-state index is 0.0792. The first-order valence-electron chi connectivity index (χ1n) is 5.49. The van der Waals surface area contributed by atoms with Crippen molar-refractivity contribution in [3.05, 3.63) is 0 Å². The van der Waals surface area contributed by atoms with Gasteiger partial charge in [0.1, 0.15) is 0 Å². The fourth-order valence-electron chi connectivity index (χ4n) is 1.90. The van der Waals surface area contributed by atoms with Crippen molar-refractivity contribution in [3.63, 3.8) is 0 Å². The van der Waals surface area contributed by atoms with Gasteiger partial charge in [-0.1, -0.05) is 0 Å². The molecule has 0 aromatic carbocycles. The molecule has 0 aromatic heterocycles. The summed E-state index contributed by atoms with van der Waals surface area (Å²) in [5.41, 5.74) is 0. The Morgan fingerprint density at radius 3 is 1.71 bits per heavy atom. The van der Waals surface area contributed by atoms with Crippen molar-refractivity contribution in [2.24, 2.45) is 11.8 Å². The molecule has 2 aliphatic rings. The number of rotatable bonds is 4. The van der Waals surface area contributed by atoms with Gasteiger partial charge in [-0.3, -0.25) is 4.79 Å². The minimum Gasteiger partial charge on any atom is -0.347 e. The van der Waals surface area contributed by atoms with Crippen molar-refractivity contribution in [1.29, 1.82) is 0 Å². The highest BCUT2D eigenvalue weighted by atomic mass is 19.4. The first kappa shape index (κ1) is 12.6. The molecule has 2 aliphatic carbocycles. The molecule has 2 rings (SSSR count). The van der Waals surface area contributed by atoms with E-state index in [2.05, 4.69) is 0 Å². The van der Waals surface area contributed by atoms with Crippen LogP contribution < -0.4 is 5.32 Å². The summed E-state index contributed by atoms with van der Waals surface area (Å²) < 4.78 is 61.3. The largest absolute Gasteiger partial charge is 0.463 e. The highest BCUT2D eigenvalue weighted by molar-refractivity contribution is 5.84. The van der Waals surface area contributed by atoms with Gasteiger partial charge in [-0.2, -0.15) is 22.0 Å². The second-order valence-corrected chi connectivity index (χ2v) is 4.75. The Kier molecular flexibility index (Phi) is 2.82. The molecule has 2 nitrogen and oxygen atoms in total. The molecule has 0 spiro atoms. The van der Waals surface area contributed by atoms with E-state index in [1.807, 2.05) is 5.32 Å². The third-order valence-corrected chi connectivity index (χ3v) is 3.20. The summed E-state index contributed by atoms with van der Waals surface area (Å²) in [6.07, 6.45) is -2.66. The first-order chi connectivity index (χ1) is 7.73.